The fraction of sp³-hybridized carbons (Fsp3) is 0.538. The number of halogens is 1. The number of hydrogen-bond acceptors (Lipinski definition) is 5. The van der Waals surface area contributed by atoms with Gasteiger partial charge in [-0.3, -0.25) is 10.1 Å². The molecule has 0 saturated carbocycles. The van der Waals surface area contributed by atoms with Crippen molar-refractivity contribution in [3.63, 3.8) is 0 Å². The molecule has 2 aliphatic rings. The van der Waals surface area contributed by atoms with Crippen LogP contribution in [0.25, 0.3) is 0 Å². The third-order valence-electron chi connectivity index (χ3n) is 3.81. The molecule has 0 atom stereocenters. The summed E-state index contributed by atoms with van der Waals surface area (Å²) in [6.45, 7) is 2.55. The van der Waals surface area contributed by atoms with Crippen LogP contribution in [0.2, 0.25) is 5.02 Å². The van der Waals surface area contributed by atoms with Crippen LogP contribution in [0.1, 0.15) is 12.8 Å². The minimum absolute atomic E-state index is 0.0820. The first-order chi connectivity index (χ1) is 9.60. The molecular weight excluding hydrogens is 284 g/mol. The number of nitrogens with zero attached hydrogens (tertiary/aromatic N) is 2. The van der Waals surface area contributed by atoms with Crippen molar-refractivity contribution in [2.24, 2.45) is 0 Å². The van der Waals surface area contributed by atoms with Crippen LogP contribution >= 0.6 is 11.6 Å². The van der Waals surface area contributed by atoms with Gasteiger partial charge in [-0.15, -0.1) is 0 Å². The molecule has 1 aromatic carbocycles. The van der Waals surface area contributed by atoms with Crippen LogP contribution in [0, 0.1) is 10.1 Å². The second kappa shape index (κ2) is 5.20. The van der Waals surface area contributed by atoms with Crippen molar-refractivity contribution in [2.45, 2.75) is 18.6 Å². The smallest absolute Gasteiger partial charge is 0.292 e. The molecular formula is C13H15ClN2O4. The number of anilines is 1. The Hall–Kier alpha value is -1.37. The molecule has 7 heteroatoms. The maximum Gasteiger partial charge on any atom is 0.292 e. The Kier molecular flexibility index (Phi) is 3.54. The van der Waals surface area contributed by atoms with Crippen molar-refractivity contribution in [3.05, 3.63) is 33.3 Å². The number of rotatable bonds is 2. The number of nitro benzene ring substituents is 1. The van der Waals surface area contributed by atoms with Crippen LogP contribution in [0.5, 0.6) is 0 Å². The van der Waals surface area contributed by atoms with E-state index in [-0.39, 0.29) is 10.6 Å². The standard InChI is InChI=1S/C13H15ClN2O4/c14-10-1-2-11(16(17)18)12(9-10)15-5-3-13(4-6-15)19-7-8-20-13/h1-2,9H,3-8H2. The van der Waals surface area contributed by atoms with E-state index in [1.165, 1.54) is 12.1 Å². The maximum atomic E-state index is 11.1. The summed E-state index contributed by atoms with van der Waals surface area (Å²) in [6, 6.07) is 4.64. The van der Waals surface area contributed by atoms with Gasteiger partial charge in [0.25, 0.3) is 5.69 Å². The van der Waals surface area contributed by atoms with E-state index in [4.69, 9.17) is 21.1 Å². The van der Waals surface area contributed by atoms with E-state index in [1.54, 1.807) is 6.07 Å². The number of piperidine rings is 1. The summed E-state index contributed by atoms with van der Waals surface area (Å²) in [7, 11) is 0. The van der Waals surface area contributed by atoms with E-state index >= 15 is 0 Å². The monoisotopic (exact) mass is 298 g/mol. The average molecular weight is 299 g/mol. The van der Waals surface area contributed by atoms with Crippen LogP contribution in [0.15, 0.2) is 18.2 Å². The summed E-state index contributed by atoms with van der Waals surface area (Å²) in [5, 5.41) is 11.6. The van der Waals surface area contributed by atoms with E-state index in [0.717, 1.165) is 0 Å². The highest BCUT2D eigenvalue weighted by Gasteiger charge is 2.40. The molecule has 2 fully saturated rings. The van der Waals surface area contributed by atoms with Crippen molar-refractivity contribution >= 4 is 23.0 Å². The highest BCUT2D eigenvalue weighted by atomic mass is 35.5. The Morgan fingerprint density at radius 1 is 1.25 bits per heavy atom. The molecule has 0 bridgehead atoms. The predicted octanol–water partition coefficient (Wildman–Crippen LogP) is 2.59. The summed E-state index contributed by atoms with van der Waals surface area (Å²) in [5.74, 6) is -0.482. The predicted molar refractivity (Wildman–Crippen MR) is 74.2 cm³/mol. The third kappa shape index (κ3) is 2.46. The Morgan fingerprint density at radius 3 is 2.50 bits per heavy atom. The fourth-order valence-electron chi connectivity index (χ4n) is 2.78. The molecule has 2 saturated heterocycles. The molecule has 2 aliphatic heterocycles. The first-order valence-electron chi connectivity index (χ1n) is 6.56. The van der Waals surface area contributed by atoms with Crippen LogP contribution in [-0.4, -0.2) is 37.0 Å². The number of hydrogen-bond donors (Lipinski definition) is 0. The molecule has 0 radical (unpaired) electrons. The Bertz CT molecular complexity index is 521. The fourth-order valence-corrected chi connectivity index (χ4v) is 2.94. The van der Waals surface area contributed by atoms with E-state index in [1.807, 2.05) is 4.90 Å². The highest BCUT2D eigenvalue weighted by Crippen LogP contribution is 2.37. The van der Waals surface area contributed by atoms with Crippen LogP contribution in [0.4, 0.5) is 11.4 Å². The minimum atomic E-state index is -0.482. The van der Waals surface area contributed by atoms with Crippen LogP contribution in [-0.2, 0) is 9.47 Å². The lowest BCUT2D eigenvalue weighted by Gasteiger charge is -2.38. The van der Waals surface area contributed by atoms with E-state index in [9.17, 15) is 10.1 Å². The van der Waals surface area contributed by atoms with Gasteiger partial charge in [0.1, 0.15) is 5.69 Å². The molecule has 108 valence electrons. The highest BCUT2D eigenvalue weighted by molar-refractivity contribution is 6.31. The van der Waals surface area contributed by atoms with E-state index in [0.29, 0.717) is 49.9 Å². The van der Waals surface area contributed by atoms with Gasteiger partial charge in [-0.25, -0.2) is 0 Å². The molecule has 0 amide bonds. The van der Waals surface area contributed by atoms with Crippen molar-refractivity contribution in [1.29, 1.82) is 0 Å². The van der Waals surface area contributed by atoms with Gasteiger partial charge in [0.05, 0.1) is 18.1 Å². The van der Waals surface area contributed by atoms with Crippen molar-refractivity contribution in [1.82, 2.24) is 0 Å². The summed E-state index contributed by atoms with van der Waals surface area (Å²) >= 11 is 5.96. The molecule has 1 spiro atoms. The topological polar surface area (TPSA) is 64.8 Å². The van der Waals surface area contributed by atoms with Crippen molar-refractivity contribution in [3.8, 4) is 0 Å². The lowest BCUT2D eigenvalue weighted by Crippen LogP contribution is -2.45. The summed E-state index contributed by atoms with van der Waals surface area (Å²) in [6.07, 6.45) is 1.41. The Morgan fingerprint density at radius 2 is 1.90 bits per heavy atom. The van der Waals surface area contributed by atoms with Crippen molar-refractivity contribution < 1.29 is 14.4 Å². The molecule has 3 rings (SSSR count). The number of nitro groups is 1. The minimum Gasteiger partial charge on any atom is -0.366 e. The van der Waals surface area contributed by atoms with Gasteiger partial charge in [0, 0.05) is 37.0 Å². The summed E-state index contributed by atoms with van der Waals surface area (Å²) < 4.78 is 11.3. The molecule has 1 aromatic rings. The summed E-state index contributed by atoms with van der Waals surface area (Å²) in [4.78, 5) is 12.7. The average Bonchev–Trinajstić information content (AvgIpc) is 2.87. The van der Waals surface area contributed by atoms with Gasteiger partial charge in [-0.2, -0.15) is 0 Å². The normalized spacial score (nSPS) is 21.4. The van der Waals surface area contributed by atoms with Gasteiger partial charge in [-0.05, 0) is 12.1 Å². The SMILES string of the molecule is O=[N+]([O-])c1ccc(Cl)cc1N1CCC2(CC1)OCCO2. The van der Waals surface area contributed by atoms with Gasteiger partial charge in [0.2, 0.25) is 0 Å². The first kappa shape index (κ1) is 13.6. The molecule has 0 N–H and O–H groups in total. The van der Waals surface area contributed by atoms with E-state index < -0.39 is 5.79 Å². The molecule has 0 aliphatic carbocycles. The van der Waals surface area contributed by atoms with Crippen molar-refractivity contribution in [2.75, 3.05) is 31.2 Å². The van der Waals surface area contributed by atoms with Gasteiger partial charge < -0.3 is 14.4 Å². The van der Waals surface area contributed by atoms with Gasteiger partial charge >= 0.3 is 0 Å². The lowest BCUT2D eigenvalue weighted by molar-refractivity contribution is -0.384. The molecule has 2 heterocycles. The molecule has 6 nitrogen and oxygen atoms in total. The quantitative estimate of drug-likeness (QED) is 0.620. The number of ether oxygens (including phenoxy) is 2. The molecule has 0 unspecified atom stereocenters. The van der Waals surface area contributed by atoms with Crippen LogP contribution < -0.4 is 4.90 Å². The first-order valence-corrected chi connectivity index (χ1v) is 6.94. The number of benzene rings is 1. The molecule has 0 aromatic heterocycles. The van der Waals surface area contributed by atoms with Gasteiger partial charge in [-0.1, -0.05) is 11.6 Å². The largest absolute Gasteiger partial charge is 0.366 e. The van der Waals surface area contributed by atoms with Crippen LogP contribution in [0.3, 0.4) is 0 Å². The lowest BCUT2D eigenvalue weighted by atomic mass is 10.0. The van der Waals surface area contributed by atoms with E-state index in [2.05, 4.69) is 0 Å². The second-order valence-electron chi connectivity index (χ2n) is 4.98. The molecule has 20 heavy (non-hydrogen) atoms. The second-order valence-corrected chi connectivity index (χ2v) is 5.42. The zero-order chi connectivity index (χ0) is 14.2. The zero-order valence-electron chi connectivity index (χ0n) is 10.9. The van der Waals surface area contributed by atoms with Gasteiger partial charge in [0.15, 0.2) is 5.79 Å². The Labute approximate surface area is 121 Å². The third-order valence-corrected chi connectivity index (χ3v) is 4.05. The summed E-state index contributed by atoms with van der Waals surface area (Å²) in [5.41, 5.74) is 0.647. The Balaban J connectivity index is 1.80. The maximum absolute atomic E-state index is 11.1. The zero-order valence-corrected chi connectivity index (χ0v) is 11.6.